The molecule has 1 fully saturated rings. The molecule has 33 heavy (non-hydrogen) atoms. The second-order valence-electron chi connectivity index (χ2n) is 8.03. The van der Waals surface area contributed by atoms with Crippen LogP contribution in [0.15, 0.2) is 42.0 Å². The van der Waals surface area contributed by atoms with E-state index in [0.717, 1.165) is 5.56 Å². The number of phenols is 1. The normalized spacial score (nSPS) is 17.6. The molecule has 1 saturated heterocycles. The van der Waals surface area contributed by atoms with Crippen LogP contribution >= 0.6 is 0 Å². The van der Waals surface area contributed by atoms with Crippen molar-refractivity contribution in [2.45, 2.75) is 25.8 Å². The summed E-state index contributed by atoms with van der Waals surface area (Å²) >= 11 is 0. The van der Waals surface area contributed by atoms with E-state index in [0.29, 0.717) is 16.9 Å². The molecule has 0 aromatic heterocycles. The van der Waals surface area contributed by atoms with Gasteiger partial charge in [-0.3, -0.25) is 9.59 Å². The number of aliphatic hydroxyl groups excluding tert-OH is 1. The van der Waals surface area contributed by atoms with Crippen LogP contribution in [0.3, 0.4) is 0 Å². The maximum atomic E-state index is 13.1. The van der Waals surface area contributed by atoms with E-state index >= 15 is 0 Å². The topological polar surface area (TPSA) is 106 Å². The van der Waals surface area contributed by atoms with E-state index in [1.807, 2.05) is 13.8 Å². The third-order valence-electron chi connectivity index (χ3n) is 5.72. The Hall–Kier alpha value is -3.52. The zero-order valence-electron chi connectivity index (χ0n) is 19.4. The molecule has 1 heterocycles. The van der Waals surface area contributed by atoms with Crippen LogP contribution in [0, 0.1) is 0 Å². The molecule has 0 radical (unpaired) electrons. The van der Waals surface area contributed by atoms with Gasteiger partial charge in [0.1, 0.15) is 11.5 Å². The smallest absolute Gasteiger partial charge is 0.295 e. The number of ether oxygens (including phenoxy) is 3. The number of Topliss-reactive ketones (excluding diaryl/α,β-unsaturated/α-hetero) is 1. The van der Waals surface area contributed by atoms with Crippen molar-refractivity contribution < 1.29 is 34.0 Å². The lowest BCUT2D eigenvalue weighted by atomic mass is 9.93. The van der Waals surface area contributed by atoms with Crippen LogP contribution in [0.5, 0.6) is 17.2 Å². The molecule has 176 valence electrons. The molecular weight excluding hydrogens is 426 g/mol. The molecule has 2 N–H and O–H groups in total. The first kappa shape index (κ1) is 24.1. The molecule has 1 amide bonds. The number of benzene rings is 2. The number of methoxy groups -OCH3 is 3. The number of hydrogen-bond donors (Lipinski definition) is 2. The minimum atomic E-state index is -0.901. The zero-order valence-corrected chi connectivity index (χ0v) is 19.4. The van der Waals surface area contributed by atoms with Gasteiger partial charge in [0.05, 0.1) is 32.4 Å². The van der Waals surface area contributed by atoms with E-state index in [9.17, 15) is 19.8 Å². The van der Waals surface area contributed by atoms with Crippen LogP contribution in [-0.4, -0.2) is 61.3 Å². The predicted octanol–water partition coefficient (Wildman–Crippen LogP) is 3.60. The van der Waals surface area contributed by atoms with Crippen LogP contribution in [0.25, 0.3) is 5.76 Å². The number of likely N-dealkylation sites (tertiary alicyclic amines) is 1. The molecule has 8 heteroatoms. The average Bonchev–Trinajstić information content (AvgIpc) is 3.06. The van der Waals surface area contributed by atoms with Crippen LogP contribution in [0.4, 0.5) is 0 Å². The van der Waals surface area contributed by atoms with Crippen LogP contribution in [-0.2, 0) is 14.3 Å². The van der Waals surface area contributed by atoms with Gasteiger partial charge < -0.3 is 29.3 Å². The Morgan fingerprint density at radius 3 is 2.27 bits per heavy atom. The molecule has 1 unspecified atom stereocenters. The van der Waals surface area contributed by atoms with Crippen LogP contribution < -0.4 is 9.47 Å². The predicted molar refractivity (Wildman–Crippen MR) is 123 cm³/mol. The van der Waals surface area contributed by atoms with Crippen molar-refractivity contribution in [3.05, 3.63) is 58.7 Å². The largest absolute Gasteiger partial charge is 0.507 e. The summed E-state index contributed by atoms with van der Waals surface area (Å²) in [7, 11) is 4.49. The highest BCUT2D eigenvalue weighted by Crippen LogP contribution is 2.42. The fourth-order valence-electron chi connectivity index (χ4n) is 4.01. The van der Waals surface area contributed by atoms with Crippen LogP contribution in [0.2, 0.25) is 0 Å². The number of amides is 1. The summed E-state index contributed by atoms with van der Waals surface area (Å²) < 4.78 is 15.6. The Balaban J connectivity index is 2.21. The van der Waals surface area contributed by atoms with E-state index in [4.69, 9.17) is 14.2 Å². The molecule has 1 aliphatic heterocycles. The van der Waals surface area contributed by atoms with Gasteiger partial charge >= 0.3 is 0 Å². The van der Waals surface area contributed by atoms with E-state index < -0.39 is 17.7 Å². The number of aromatic hydroxyl groups is 1. The molecule has 0 spiro atoms. The van der Waals surface area contributed by atoms with Crippen molar-refractivity contribution in [1.29, 1.82) is 0 Å². The van der Waals surface area contributed by atoms with Gasteiger partial charge in [-0.2, -0.15) is 0 Å². The molecule has 3 rings (SSSR count). The Kier molecular flexibility index (Phi) is 7.28. The van der Waals surface area contributed by atoms with E-state index in [1.165, 1.54) is 25.2 Å². The molecule has 1 atom stereocenters. The summed E-state index contributed by atoms with van der Waals surface area (Å²) in [6, 6.07) is 8.84. The lowest BCUT2D eigenvalue weighted by Gasteiger charge is -2.25. The summed E-state index contributed by atoms with van der Waals surface area (Å²) in [5.41, 5.74) is 1.66. The third-order valence-corrected chi connectivity index (χ3v) is 5.72. The molecule has 0 bridgehead atoms. The number of hydrogen-bond acceptors (Lipinski definition) is 7. The maximum absolute atomic E-state index is 13.1. The highest BCUT2D eigenvalue weighted by atomic mass is 16.5. The molecule has 8 nitrogen and oxygen atoms in total. The number of aliphatic hydroxyl groups is 1. The first-order valence-electron chi connectivity index (χ1n) is 10.6. The second kappa shape index (κ2) is 9.95. The number of carbonyl (C=O) groups is 2. The lowest BCUT2D eigenvalue weighted by Crippen LogP contribution is -2.32. The van der Waals surface area contributed by atoms with Crippen molar-refractivity contribution in [1.82, 2.24) is 4.90 Å². The summed E-state index contributed by atoms with van der Waals surface area (Å²) in [4.78, 5) is 27.3. The molecule has 0 saturated carbocycles. The van der Waals surface area contributed by atoms with Gasteiger partial charge in [0.15, 0.2) is 11.5 Å². The SMILES string of the molecule is COCCN1C(=O)C(=O)/C(=C(\O)c2ccc(OC)c(C(C)C)c2)C1c1ccc(OC)c(O)c1. The van der Waals surface area contributed by atoms with Gasteiger partial charge in [0.2, 0.25) is 0 Å². The highest BCUT2D eigenvalue weighted by Gasteiger charge is 2.46. The summed E-state index contributed by atoms with van der Waals surface area (Å²) in [6.45, 7) is 4.32. The number of rotatable bonds is 8. The van der Waals surface area contributed by atoms with E-state index in [2.05, 4.69) is 0 Å². The van der Waals surface area contributed by atoms with Crippen LogP contribution in [0.1, 0.15) is 42.5 Å². The molecule has 1 aliphatic rings. The molecule has 0 aliphatic carbocycles. The molecule has 2 aromatic carbocycles. The number of phenolic OH excluding ortho intramolecular Hbond substituents is 1. The number of carbonyl (C=O) groups excluding carboxylic acids is 2. The fraction of sp³-hybridized carbons (Fsp3) is 0.360. The van der Waals surface area contributed by atoms with Gasteiger partial charge in [0.25, 0.3) is 11.7 Å². The highest BCUT2D eigenvalue weighted by molar-refractivity contribution is 6.46. The quantitative estimate of drug-likeness (QED) is 0.356. The first-order chi connectivity index (χ1) is 15.7. The number of nitrogens with zero attached hydrogens (tertiary/aromatic N) is 1. The van der Waals surface area contributed by atoms with Crippen molar-refractivity contribution in [2.24, 2.45) is 0 Å². The van der Waals surface area contributed by atoms with Crippen molar-refractivity contribution in [3.8, 4) is 17.2 Å². The first-order valence-corrected chi connectivity index (χ1v) is 10.6. The summed E-state index contributed by atoms with van der Waals surface area (Å²) in [6.07, 6.45) is 0. The lowest BCUT2D eigenvalue weighted by molar-refractivity contribution is -0.140. The maximum Gasteiger partial charge on any atom is 0.295 e. The Labute approximate surface area is 193 Å². The van der Waals surface area contributed by atoms with E-state index in [1.54, 1.807) is 37.4 Å². The zero-order chi connectivity index (χ0) is 24.3. The Bertz CT molecular complexity index is 1090. The van der Waals surface area contributed by atoms with Crippen molar-refractivity contribution in [3.63, 3.8) is 0 Å². The monoisotopic (exact) mass is 455 g/mol. The summed E-state index contributed by atoms with van der Waals surface area (Å²) in [5.74, 6) is -0.955. The minimum absolute atomic E-state index is 0.0551. The molecular formula is C25H29NO7. The average molecular weight is 456 g/mol. The fourth-order valence-corrected chi connectivity index (χ4v) is 4.01. The van der Waals surface area contributed by atoms with Gasteiger partial charge in [-0.15, -0.1) is 0 Å². The standard InChI is InChI=1S/C25H29NO7/c1-14(2)17-12-16(7-8-19(17)32-4)23(28)21-22(15-6-9-20(33-5)18(27)13-15)26(10-11-31-3)25(30)24(21)29/h6-9,12-14,22,27-28H,10-11H2,1-5H3/b23-21-. The van der Waals surface area contributed by atoms with Gasteiger partial charge in [-0.25, -0.2) is 0 Å². The van der Waals surface area contributed by atoms with Crippen molar-refractivity contribution in [2.75, 3.05) is 34.5 Å². The van der Waals surface area contributed by atoms with Gasteiger partial charge in [-0.05, 0) is 47.4 Å². The van der Waals surface area contributed by atoms with Gasteiger partial charge in [0, 0.05) is 19.2 Å². The summed E-state index contributed by atoms with van der Waals surface area (Å²) in [5, 5.41) is 21.6. The second-order valence-corrected chi connectivity index (χ2v) is 8.03. The number of ketones is 1. The van der Waals surface area contributed by atoms with Crippen molar-refractivity contribution >= 4 is 17.4 Å². The minimum Gasteiger partial charge on any atom is -0.507 e. The Morgan fingerprint density at radius 1 is 1.03 bits per heavy atom. The van der Waals surface area contributed by atoms with E-state index in [-0.39, 0.29) is 41.9 Å². The molecule has 2 aromatic rings. The van der Waals surface area contributed by atoms with Gasteiger partial charge in [-0.1, -0.05) is 19.9 Å². The Morgan fingerprint density at radius 2 is 1.70 bits per heavy atom. The third kappa shape index (κ3) is 4.52.